The first-order chi connectivity index (χ1) is 9.84. The molecule has 0 spiro atoms. The highest BCUT2D eigenvalue weighted by molar-refractivity contribution is 5.85. The van der Waals surface area contributed by atoms with Crippen LogP contribution in [0.5, 0.6) is 0 Å². The number of fused-ring (bicyclic) bond motifs is 1. The molecule has 2 aromatic heterocycles. The average molecular weight is 293 g/mol. The minimum Gasteiger partial charge on any atom is -0.372 e. The van der Waals surface area contributed by atoms with Crippen LogP contribution in [0.25, 0.3) is 11.0 Å². The maximum Gasteiger partial charge on any atom is 0.283 e. The van der Waals surface area contributed by atoms with Gasteiger partial charge in [-0.05, 0) is 27.7 Å². The minimum absolute atomic E-state index is 0.109. The Morgan fingerprint density at radius 2 is 2.14 bits per heavy atom. The molecule has 0 aromatic carbocycles. The second-order valence-corrected chi connectivity index (χ2v) is 5.56. The lowest BCUT2D eigenvalue weighted by Crippen LogP contribution is -2.35. The first-order valence-corrected chi connectivity index (χ1v) is 6.68. The molecule has 2 rings (SSSR count). The third-order valence-electron chi connectivity index (χ3n) is 2.81. The van der Waals surface area contributed by atoms with E-state index in [-0.39, 0.29) is 17.7 Å². The standard InChI is InChI=1S/C13H19N5O3/c1-5-21-7-10(19)16-17-8-14-11-9(12(17)20)6-15-18(11)13(2,3)4/h6,8H,5,7H2,1-4H3,(H,16,19). The predicted molar refractivity (Wildman–Crippen MR) is 77.6 cm³/mol. The van der Waals surface area contributed by atoms with Gasteiger partial charge < -0.3 is 4.74 Å². The van der Waals surface area contributed by atoms with Crippen molar-refractivity contribution in [3.05, 3.63) is 22.9 Å². The number of carbonyl (C=O) groups excluding carboxylic acids is 1. The lowest BCUT2D eigenvalue weighted by atomic mass is 10.1. The predicted octanol–water partition coefficient (Wildman–Crippen LogP) is 0.455. The van der Waals surface area contributed by atoms with Crippen molar-refractivity contribution in [3.8, 4) is 0 Å². The number of hydrogen-bond acceptors (Lipinski definition) is 5. The lowest BCUT2D eigenvalue weighted by Gasteiger charge is -2.19. The average Bonchev–Trinajstić information content (AvgIpc) is 2.84. The van der Waals surface area contributed by atoms with Gasteiger partial charge >= 0.3 is 0 Å². The summed E-state index contributed by atoms with van der Waals surface area (Å²) in [7, 11) is 0. The number of nitrogens with one attached hydrogen (secondary N) is 1. The molecule has 1 N–H and O–H groups in total. The second kappa shape index (κ2) is 5.65. The first kappa shape index (κ1) is 15.2. The van der Waals surface area contributed by atoms with E-state index in [1.165, 1.54) is 12.5 Å². The van der Waals surface area contributed by atoms with Crippen molar-refractivity contribution in [2.24, 2.45) is 0 Å². The van der Waals surface area contributed by atoms with Crippen LogP contribution in [0.4, 0.5) is 0 Å². The van der Waals surface area contributed by atoms with E-state index < -0.39 is 5.91 Å². The molecule has 8 nitrogen and oxygen atoms in total. The maximum atomic E-state index is 12.3. The molecule has 0 saturated carbocycles. The number of carbonyl (C=O) groups is 1. The normalized spacial score (nSPS) is 11.8. The second-order valence-electron chi connectivity index (χ2n) is 5.56. The van der Waals surface area contributed by atoms with Crippen molar-refractivity contribution in [1.29, 1.82) is 0 Å². The highest BCUT2D eigenvalue weighted by Gasteiger charge is 2.20. The van der Waals surface area contributed by atoms with E-state index in [0.29, 0.717) is 17.6 Å². The van der Waals surface area contributed by atoms with Crippen LogP contribution in [0.15, 0.2) is 17.3 Å². The summed E-state index contributed by atoms with van der Waals surface area (Å²) < 4.78 is 7.70. The van der Waals surface area contributed by atoms with Crippen molar-refractivity contribution in [2.75, 3.05) is 18.6 Å². The molecule has 0 saturated heterocycles. The monoisotopic (exact) mass is 293 g/mol. The molecule has 114 valence electrons. The fourth-order valence-electron chi connectivity index (χ4n) is 1.84. The maximum absolute atomic E-state index is 12.3. The van der Waals surface area contributed by atoms with E-state index in [1.807, 2.05) is 20.8 Å². The zero-order valence-corrected chi connectivity index (χ0v) is 12.6. The number of nitrogens with zero attached hydrogens (tertiary/aromatic N) is 4. The third kappa shape index (κ3) is 3.10. The molecule has 0 bridgehead atoms. The molecule has 0 fully saturated rings. The van der Waals surface area contributed by atoms with Gasteiger partial charge in [0.1, 0.15) is 18.3 Å². The molecule has 0 unspecified atom stereocenters. The van der Waals surface area contributed by atoms with Gasteiger partial charge in [0.25, 0.3) is 11.5 Å². The van der Waals surface area contributed by atoms with Gasteiger partial charge in [0, 0.05) is 6.61 Å². The summed E-state index contributed by atoms with van der Waals surface area (Å²) in [5.41, 5.74) is 2.25. The highest BCUT2D eigenvalue weighted by Crippen LogP contribution is 2.17. The van der Waals surface area contributed by atoms with E-state index in [9.17, 15) is 9.59 Å². The summed E-state index contributed by atoms with van der Waals surface area (Å²) in [5, 5.41) is 4.55. The fourth-order valence-corrected chi connectivity index (χ4v) is 1.84. The number of aromatic nitrogens is 4. The first-order valence-electron chi connectivity index (χ1n) is 6.68. The largest absolute Gasteiger partial charge is 0.372 e. The Balaban J connectivity index is 2.35. The summed E-state index contributed by atoms with van der Waals surface area (Å²) >= 11 is 0. The van der Waals surface area contributed by atoms with Crippen LogP contribution in [-0.4, -0.2) is 38.6 Å². The van der Waals surface area contributed by atoms with Crippen molar-refractivity contribution in [3.63, 3.8) is 0 Å². The van der Waals surface area contributed by atoms with Crippen molar-refractivity contribution in [1.82, 2.24) is 19.4 Å². The van der Waals surface area contributed by atoms with E-state index in [4.69, 9.17) is 4.74 Å². The molecule has 0 atom stereocenters. The van der Waals surface area contributed by atoms with E-state index in [0.717, 1.165) is 4.68 Å². The number of ether oxygens (including phenoxy) is 1. The van der Waals surface area contributed by atoms with Crippen LogP contribution in [0, 0.1) is 0 Å². The fraction of sp³-hybridized carbons (Fsp3) is 0.538. The van der Waals surface area contributed by atoms with Crippen molar-refractivity contribution >= 4 is 16.9 Å². The smallest absolute Gasteiger partial charge is 0.283 e. The minimum atomic E-state index is -0.414. The zero-order chi connectivity index (χ0) is 15.6. The van der Waals surface area contributed by atoms with Crippen LogP contribution in [0.2, 0.25) is 0 Å². The Hall–Kier alpha value is -2.22. The Morgan fingerprint density at radius 3 is 2.76 bits per heavy atom. The summed E-state index contributed by atoms with van der Waals surface area (Å²) in [6, 6.07) is 0. The van der Waals surface area contributed by atoms with E-state index in [1.54, 1.807) is 11.6 Å². The quantitative estimate of drug-likeness (QED) is 0.884. The molecule has 0 aliphatic carbocycles. The number of amides is 1. The third-order valence-corrected chi connectivity index (χ3v) is 2.81. The summed E-state index contributed by atoms with van der Waals surface area (Å²) in [5.74, 6) is -0.414. The molecule has 0 radical (unpaired) electrons. The topological polar surface area (TPSA) is 91.0 Å². The van der Waals surface area contributed by atoms with Crippen LogP contribution in [0.1, 0.15) is 27.7 Å². The van der Waals surface area contributed by atoms with Crippen LogP contribution in [0.3, 0.4) is 0 Å². The Labute approximate surface area is 121 Å². The van der Waals surface area contributed by atoms with Gasteiger partial charge in [-0.15, -0.1) is 0 Å². The van der Waals surface area contributed by atoms with Gasteiger partial charge in [0.2, 0.25) is 0 Å². The zero-order valence-electron chi connectivity index (χ0n) is 12.6. The van der Waals surface area contributed by atoms with E-state index >= 15 is 0 Å². The summed E-state index contributed by atoms with van der Waals surface area (Å²) in [6.45, 7) is 8.01. The molecule has 2 aromatic rings. The molecule has 0 aliphatic rings. The van der Waals surface area contributed by atoms with Gasteiger partial charge in [-0.1, -0.05) is 0 Å². The molecule has 8 heteroatoms. The molecular weight excluding hydrogens is 274 g/mol. The van der Waals surface area contributed by atoms with Gasteiger partial charge in [0.15, 0.2) is 5.65 Å². The van der Waals surface area contributed by atoms with E-state index in [2.05, 4.69) is 15.5 Å². The molecule has 2 heterocycles. The van der Waals surface area contributed by atoms with Gasteiger partial charge in [-0.2, -0.15) is 5.10 Å². The lowest BCUT2D eigenvalue weighted by molar-refractivity contribution is -0.121. The Kier molecular flexibility index (Phi) is 4.08. The molecule has 21 heavy (non-hydrogen) atoms. The molecule has 1 amide bonds. The van der Waals surface area contributed by atoms with Crippen LogP contribution < -0.4 is 11.0 Å². The summed E-state index contributed by atoms with van der Waals surface area (Å²) in [6.07, 6.45) is 2.74. The van der Waals surface area contributed by atoms with Crippen molar-refractivity contribution in [2.45, 2.75) is 33.2 Å². The SMILES string of the molecule is CCOCC(=O)Nn1cnc2c(cnn2C(C)(C)C)c1=O. The van der Waals surface area contributed by atoms with Gasteiger partial charge in [0.05, 0.1) is 11.7 Å². The Bertz CT molecular complexity index is 711. The van der Waals surface area contributed by atoms with Gasteiger partial charge in [-0.25, -0.2) is 14.3 Å². The number of rotatable bonds is 4. The van der Waals surface area contributed by atoms with Crippen molar-refractivity contribution < 1.29 is 9.53 Å². The number of hydrogen-bond donors (Lipinski definition) is 1. The molecule has 0 aliphatic heterocycles. The summed E-state index contributed by atoms with van der Waals surface area (Å²) in [4.78, 5) is 28.1. The van der Waals surface area contributed by atoms with Crippen LogP contribution in [-0.2, 0) is 15.1 Å². The highest BCUT2D eigenvalue weighted by atomic mass is 16.5. The molecular formula is C13H19N5O3. The Morgan fingerprint density at radius 1 is 1.43 bits per heavy atom. The van der Waals surface area contributed by atoms with Gasteiger partial charge in [-0.3, -0.25) is 15.0 Å². The van der Waals surface area contributed by atoms with Crippen LogP contribution >= 0.6 is 0 Å².